The number of hydrogen-bond donors (Lipinski definition) is 2. The van der Waals surface area contributed by atoms with Gasteiger partial charge in [0.05, 0.1) is 0 Å². The smallest absolute Gasteiger partial charge is 0.322 e. The highest BCUT2D eigenvalue weighted by Crippen LogP contribution is 2.22. The van der Waals surface area contributed by atoms with Gasteiger partial charge in [-0.25, -0.2) is 4.79 Å². The van der Waals surface area contributed by atoms with Crippen LogP contribution in [0.1, 0.15) is 22.1 Å². The van der Waals surface area contributed by atoms with Gasteiger partial charge in [0.15, 0.2) is 0 Å². The Labute approximate surface area is 132 Å². The summed E-state index contributed by atoms with van der Waals surface area (Å²) in [5.41, 5.74) is 1.55. The number of carbonyl (C=O) groups is 3. The number of anilines is 1. The van der Waals surface area contributed by atoms with Gasteiger partial charge in [0.2, 0.25) is 0 Å². The Balaban J connectivity index is 1.72. The average molecular weight is 310 g/mol. The molecule has 1 aromatic carbocycles. The molecular weight excluding hydrogens is 296 g/mol. The van der Waals surface area contributed by atoms with E-state index >= 15 is 0 Å². The number of pyridine rings is 1. The van der Waals surface area contributed by atoms with Crippen LogP contribution >= 0.6 is 0 Å². The van der Waals surface area contributed by atoms with Crippen molar-refractivity contribution in [2.75, 3.05) is 12.4 Å². The number of carbonyl (C=O) groups excluding carboxylic acids is 3. The van der Waals surface area contributed by atoms with Gasteiger partial charge in [-0.05, 0) is 29.8 Å². The van der Waals surface area contributed by atoms with Crippen LogP contribution in [-0.4, -0.2) is 34.8 Å². The van der Waals surface area contributed by atoms with Gasteiger partial charge in [-0.1, -0.05) is 18.2 Å². The molecule has 1 saturated heterocycles. The molecule has 1 aromatic heterocycles. The Kier molecular flexibility index (Phi) is 3.76. The lowest BCUT2D eigenvalue weighted by Crippen LogP contribution is -2.25. The first kappa shape index (κ1) is 14.7. The molecule has 116 valence electrons. The molecule has 2 heterocycles. The molecule has 3 rings (SSSR count). The van der Waals surface area contributed by atoms with Crippen LogP contribution in [0.25, 0.3) is 0 Å². The predicted molar refractivity (Wildman–Crippen MR) is 82.7 cm³/mol. The quantitative estimate of drug-likeness (QED) is 0.842. The molecule has 0 saturated carbocycles. The summed E-state index contributed by atoms with van der Waals surface area (Å²) in [6.07, 6.45) is 1.54. The van der Waals surface area contributed by atoms with E-state index in [0.717, 1.165) is 4.90 Å². The fourth-order valence-corrected chi connectivity index (χ4v) is 2.25. The van der Waals surface area contributed by atoms with Gasteiger partial charge >= 0.3 is 6.03 Å². The topological polar surface area (TPSA) is 91.4 Å². The molecule has 0 bridgehead atoms. The van der Waals surface area contributed by atoms with Crippen LogP contribution < -0.4 is 10.6 Å². The molecule has 0 aliphatic carbocycles. The number of hydrogen-bond acceptors (Lipinski definition) is 4. The number of nitrogens with zero attached hydrogens (tertiary/aromatic N) is 2. The highest BCUT2D eigenvalue weighted by molar-refractivity contribution is 6.04. The predicted octanol–water partition coefficient (Wildman–Crippen LogP) is 1.56. The molecule has 1 atom stereocenters. The lowest BCUT2D eigenvalue weighted by Gasteiger charge is -2.10. The van der Waals surface area contributed by atoms with Crippen LogP contribution in [0.4, 0.5) is 10.5 Å². The first-order valence-electron chi connectivity index (χ1n) is 6.96. The molecule has 7 heteroatoms. The van der Waals surface area contributed by atoms with E-state index in [1.807, 2.05) is 0 Å². The van der Waals surface area contributed by atoms with Gasteiger partial charge < -0.3 is 10.6 Å². The Morgan fingerprint density at radius 3 is 2.48 bits per heavy atom. The Morgan fingerprint density at radius 2 is 1.91 bits per heavy atom. The summed E-state index contributed by atoms with van der Waals surface area (Å²) in [5.74, 6) is -0.622. The minimum atomic E-state index is -0.687. The highest BCUT2D eigenvalue weighted by atomic mass is 16.2. The number of benzene rings is 1. The second-order valence-electron chi connectivity index (χ2n) is 5.07. The molecular formula is C16H14N4O3. The molecule has 0 spiro atoms. The molecule has 7 nitrogen and oxygen atoms in total. The van der Waals surface area contributed by atoms with Gasteiger partial charge in [-0.2, -0.15) is 0 Å². The van der Waals surface area contributed by atoms with E-state index in [9.17, 15) is 14.4 Å². The van der Waals surface area contributed by atoms with Crippen molar-refractivity contribution in [3.05, 3.63) is 59.9 Å². The molecule has 4 amide bonds. The van der Waals surface area contributed by atoms with Crippen molar-refractivity contribution in [3.63, 3.8) is 0 Å². The first-order chi connectivity index (χ1) is 11.1. The highest BCUT2D eigenvalue weighted by Gasteiger charge is 2.36. The van der Waals surface area contributed by atoms with Crippen LogP contribution in [0.15, 0.2) is 48.7 Å². The van der Waals surface area contributed by atoms with E-state index in [0.29, 0.717) is 16.9 Å². The molecule has 23 heavy (non-hydrogen) atoms. The van der Waals surface area contributed by atoms with Crippen molar-refractivity contribution in [1.29, 1.82) is 0 Å². The summed E-state index contributed by atoms with van der Waals surface area (Å²) < 4.78 is 0. The maximum Gasteiger partial charge on any atom is 0.324 e. The number of urea groups is 1. The van der Waals surface area contributed by atoms with Crippen molar-refractivity contribution < 1.29 is 14.4 Å². The van der Waals surface area contributed by atoms with Gasteiger partial charge in [0.25, 0.3) is 11.8 Å². The largest absolute Gasteiger partial charge is 0.324 e. The SMILES string of the molecule is CN1C(=O)NC(c2ccc(NC(=O)c3ccccn3)cc2)C1=O. The van der Waals surface area contributed by atoms with Gasteiger partial charge in [-0.15, -0.1) is 0 Å². The molecule has 1 aliphatic heterocycles. The fourth-order valence-electron chi connectivity index (χ4n) is 2.25. The monoisotopic (exact) mass is 310 g/mol. The number of nitrogens with one attached hydrogen (secondary N) is 2. The summed E-state index contributed by atoms with van der Waals surface area (Å²) in [4.78, 5) is 40.4. The third kappa shape index (κ3) is 2.89. The van der Waals surface area contributed by atoms with E-state index in [1.165, 1.54) is 7.05 Å². The second kappa shape index (κ2) is 5.88. The zero-order valence-corrected chi connectivity index (χ0v) is 12.3. The normalized spacial score (nSPS) is 17.1. The van der Waals surface area contributed by atoms with Crippen LogP contribution in [0.3, 0.4) is 0 Å². The van der Waals surface area contributed by atoms with Crippen molar-refractivity contribution in [2.24, 2.45) is 0 Å². The van der Waals surface area contributed by atoms with E-state index in [1.54, 1.807) is 48.7 Å². The zero-order valence-electron chi connectivity index (χ0n) is 12.3. The number of amides is 4. The van der Waals surface area contributed by atoms with E-state index in [4.69, 9.17) is 0 Å². The molecule has 1 aliphatic rings. The van der Waals surface area contributed by atoms with E-state index < -0.39 is 12.1 Å². The van der Waals surface area contributed by atoms with E-state index in [-0.39, 0.29) is 11.8 Å². The Bertz CT molecular complexity index is 759. The van der Waals surface area contributed by atoms with Crippen LogP contribution in [0, 0.1) is 0 Å². The fraction of sp³-hybridized carbons (Fsp3) is 0.125. The molecule has 0 radical (unpaired) electrons. The lowest BCUT2D eigenvalue weighted by atomic mass is 10.1. The van der Waals surface area contributed by atoms with Gasteiger partial charge in [0, 0.05) is 18.9 Å². The summed E-state index contributed by atoms with van der Waals surface area (Å²) >= 11 is 0. The Morgan fingerprint density at radius 1 is 1.17 bits per heavy atom. The number of aromatic nitrogens is 1. The number of likely N-dealkylation sites (N-methyl/N-ethyl adjacent to an activating group) is 1. The summed E-state index contributed by atoms with van der Waals surface area (Å²) in [6.45, 7) is 0. The van der Waals surface area contributed by atoms with Crippen molar-refractivity contribution in [2.45, 2.75) is 6.04 Å². The minimum Gasteiger partial charge on any atom is -0.322 e. The van der Waals surface area contributed by atoms with Crippen molar-refractivity contribution >= 4 is 23.5 Å². The van der Waals surface area contributed by atoms with Crippen LogP contribution in [0.2, 0.25) is 0 Å². The Hall–Kier alpha value is -3.22. The first-order valence-corrected chi connectivity index (χ1v) is 6.96. The molecule has 2 aromatic rings. The standard InChI is InChI=1S/C16H14N4O3/c1-20-15(22)13(19-16(20)23)10-5-7-11(8-6-10)18-14(21)12-4-2-3-9-17-12/h2-9,13H,1H3,(H,18,21)(H,19,23). The third-order valence-electron chi connectivity index (χ3n) is 3.55. The number of rotatable bonds is 3. The van der Waals surface area contributed by atoms with Crippen molar-refractivity contribution in [1.82, 2.24) is 15.2 Å². The summed E-state index contributed by atoms with van der Waals surface area (Å²) in [6, 6.07) is 10.7. The maximum atomic E-state index is 12.0. The molecule has 1 fully saturated rings. The van der Waals surface area contributed by atoms with E-state index in [2.05, 4.69) is 15.6 Å². The molecule has 2 N–H and O–H groups in total. The lowest BCUT2D eigenvalue weighted by molar-refractivity contribution is -0.126. The maximum absolute atomic E-state index is 12.0. The second-order valence-corrected chi connectivity index (χ2v) is 5.07. The summed E-state index contributed by atoms with van der Waals surface area (Å²) in [7, 11) is 1.43. The summed E-state index contributed by atoms with van der Waals surface area (Å²) in [5, 5.41) is 5.32. The van der Waals surface area contributed by atoms with Gasteiger partial charge in [0.1, 0.15) is 11.7 Å². The van der Waals surface area contributed by atoms with Crippen molar-refractivity contribution in [3.8, 4) is 0 Å². The minimum absolute atomic E-state index is 0.305. The van der Waals surface area contributed by atoms with Crippen LogP contribution in [0.5, 0.6) is 0 Å². The molecule has 1 unspecified atom stereocenters. The van der Waals surface area contributed by atoms with Crippen LogP contribution in [-0.2, 0) is 4.79 Å². The average Bonchev–Trinajstić information content (AvgIpc) is 2.84. The third-order valence-corrected chi connectivity index (χ3v) is 3.55. The zero-order chi connectivity index (χ0) is 16.4. The van der Waals surface area contributed by atoms with Gasteiger partial charge in [-0.3, -0.25) is 19.5 Å². The number of imide groups is 1.